The number of nitrogens with zero attached hydrogens (tertiary/aromatic N) is 3. The van der Waals surface area contributed by atoms with E-state index in [0.717, 1.165) is 16.8 Å². The van der Waals surface area contributed by atoms with Crippen LogP contribution in [0.4, 0.5) is 11.4 Å². The molecule has 0 aliphatic rings. The van der Waals surface area contributed by atoms with Gasteiger partial charge < -0.3 is 9.84 Å². The fraction of sp³-hybridized carbons (Fsp3) is 0.176. The van der Waals surface area contributed by atoms with Gasteiger partial charge in [0.2, 0.25) is 11.7 Å². The van der Waals surface area contributed by atoms with Crippen LogP contribution < -0.4 is 5.32 Å². The number of hydrogen-bond acceptors (Lipinski definition) is 6. The van der Waals surface area contributed by atoms with E-state index >= 15 is 0 Å². The normalized spacial score (nSPS) is 10.6. The van der Waals surface area contributed by atoms with E-state index in [2.05, 4.69) is 15.5 Å². The van der Waals surface area contributed by atoms with Crippen LogP contribution in [0.2, 0.25) is 0 Å². The maximum Gasteiger partial charge on any atom is 0.270 e. The molecule has 0 saturated carbocycles. The molecule has 0 saturated heterocycles. The number of aryl methyl sites for hydroxylation is 2. The summed E-state index contributed by atoms with van der Waals surface area (Å²) in [7, 11) is 0. The molecule has 0 spiro atoms. The Kier molecular flexibility index (Phi) is 4.24. The Bertz CT molecular complexity index is 889. The van der Waals surface area contributed by atoms with E-state index in [0.29, 0.717) is 23.8 Å². The third-order valence-corrected chi connectivity index (χ3v) is 3.61. The quantitative estimate of drug-likeness (QED) is 0.565. The Hall–Kier alpha value is -3.22. The van der Waals surface area contributed by atoms with Crippen molar-refractivity contribution in [3.63, 3.8) is 0 Å². The molecule has 0 radical (unpaired) electrons. The molecule has 7 heteroatoms. The number of aromatic nitrogens is 2. The number of anilines is 1. The number of benzene rings is 2. The molecule has 3 rings (SSSR count). The van der Waals surface area contributed by atoms with Gasteiger partial charge in [-0.3, -0.25) is 10.1 Å². The van der Waals surface area contributed by atoms with Crippen molar-refractivity contribution in [2.75, 3.05) is 5.32 Å². The van der Waals surface area contributed by atoms with E-state index in [1.807, 2.05) is 32.0 Å². The lowest BCUT2D eigenvalue weighted by Crippen LogP contribution is -2.01. The Labute approximate surface area is 138 Å². The minimum absolute atomic E-state index is 0.00707. The molecular formula is C17H16N4O3. The average Bonchev–Trinajstić information content (AvgIpc) is 3.05. The zero-order valence-corrected chi connectivity index (χ0v) is 13.3. The average molecular weight is 324 g/mol. The fourth-order valence-corrected chi connectivity index (χ4v) is 2.30. The van der Waals surface area contributed by atoms with Crippen molar-refractivity contribution in [2.24, 2.45) is 0 Å². The smallest absolute Gasteiger partial charge is 0.270 e. The van der Waals surface area contributed by atoms with E-state index in [1.165, 1.54) is 12.1 Å². The van der Waals surface area contributed by atoms with Crippen LogP contribution in [0.3, 0.4) is 0 Å². The number of nitro groups is 1. The first-order valence-corrected chi connectivity index (χ1v) is 7.41. The zero-order chi connectivity index (χ0) is 17.1. The molecule has 7 nitrogen and oxygen atoms in total. The SMILES string of the molecule is Cc1ccc(C)c(NCc2nc(-c3cccc([N+](=O)[O-])c3)no2)c1. The van der Waals surface area contributed by atoms with Gasteiger partial charge in [0, 0.05) is 23.4 Å². The Morgan fingerprint density at radius 2 is 2.04 bits per heavy atom. The van der Waals surface area contributed by atoms with Crippen LogP contribution in [0.1, 0.15) is 17.0 Å². The predicted octanol–water partition coefficient (Wildman–Crippen LogP) is 3.87. The van der Waals surface area contributed by atoms with Gasteiger partial charge in [-0.1, -0.05) is 29.4 Å². The van der Waals surface area contributed by atoms with Gasteiger partial charge in [-0.2, -0.15) is 4.98 Å². The molecule has 0 atom stereocenters. The van der Waals surface area contributed by atoms with Crippen molar-refractivity contribution in [3.05, 3.63) is 69.6 Å². The highest BCUT2D eigenvalue weighted by atomic mass is 16.6. The summed E-state index contributed by atoms with van der Waals surface area (Å²) in [6, 6.07) is 12.3. The molecule has 2 aromatic carbocycles. The molecule has 1 aromatic heterocycles. The van der Waals surface area contributed by atoms with Crippen molar-refractivity contribution >= 4 is 11.4 Å². The summed E-state index contributed by atoms with van der Waals surface area (Å²) in [6.07, 6.45) is 0. The maximum atomic E-state index is 10.8. The van der Waals surface area contributed by atoms with Gasteiger partial charge in [-0.25, -0.2) is 0 Å². The molecule has 122 valence electrons. The topological polar surface area (TPSA) is 94.1 Å². The van der Waals surface area contributed by atoms with E-state index < -0.39 is 4.92 Å². The van der Waals surface area contributed by atoms with Crippen LogP contribution in [0.5, 0.6) is 0 Å². The summed E-state index contributed by atoms with van der Waals surface area (Å²) in [5, 5.41) is 18.0. The minimum atomic E-state index is -0.452. The lowest BCUT2D eigenvalue weighted by Gasteiger charge is -2.08. The van der Waals surface area contributed by atoms with Crippen LogP contribution >= 0.6 is 0 Å². The van der Waals surface area contributed by atoms with Crippen molar-refractivity contribution < 1.29 is 9.45 Å². The minimum Gasteiger partial charge on any atom is -0.376 e. The zero-order valence-electron chi connectivity index (χ0n) is 13.3. The first-order valence-electron chi connectivity index (χ1n) is 7.41. The molecule has 0 aliphatic heterocycles. The Morgan fingerprint density at radius 3 is 2.83 bits per heavy atom. The molecular weight excluding hydrogens is 308 g/mol. The second-order valence-electron chi connectivity index (χ2n) is 5.49. The second-order valence-corrected chi connectivity index (χ2v) is 5.49. The number of non-ortho nitro benzene ring substituents is 1. The highest BCUT2D eigenvalue weighted by Crippen LogP contribution is 2.22. The first kappa shape index (κ1) is 15.7. The summed E-state index contributed by atoms with van der Waals surface area (Å²) < 4.78 is 5.22. The van der Waals surface area contributed by atoms with Gasteiger partial charge in [-0.05, 0) is 31.0 Å². The van der Waals surface area contributed by atoms with Crippen molar-refractivity contribution in [2.45, 2.75) is 20.4 Å². The number of rotatable bonds is 5. The molecule has 0 aliphatic carbocycles. The summed E-state index contributed by atoms with van der Waals surface area (Å²) in [5.74, 6) is 0.744. The third kappa shape index (κ3) is 3.40. The highest BCUT2D eigenvalue weighted by Gasteiger charge is 2.12. The number of hydrogen-bond donors (Lipinski definition) is 1. The van der Waals surface area contributed by atoms with Gasteiger partial charge in [0.25, 0.3) is 5.69 Å². The third-order valence-electron chi connectivity index (χ3n) is 3.61. The Morgan fingerprint density at radius 1 is 1.21 bits per heavy atom. The summed E-state index contributed by atoms with van der Waals surface area (Å²) in [4.78, 5) is 14.7. The monoisotopic (exact) mass is 324 g/mol. The largest absolute Gasteiger partial charge is 0.376 e. The molecule has 0 fully saturated rings. The first-order chi connectivity index (χ1) is 11.5. The van der Waals surface area contributed by atoms with E-state index in [-0.39, 0.29) is 5.69 Å². The molecule has 1 N–H and O–H groups in total. The molecule has 0 amide bonds. The lowest BCUT2D eigenvalue weighted by molar-refractivity contribution is -0.384. The maximum absolute atomic E-state index is 10.8. The Balaban J connectivity index is 1.75. The van der Waals surface area contributed by atoms with Gasteiger partial charge in [0.05, 0.1) is 11.5 Å². The number of nitro benzene ring substituents is 1. The molecule has 1 heterocycles. The molecule has 3 aromatic rings. The number of nitrogens with one attached hydrogen (secondary N) is 1. The van der Waals surface area contributed by atoms with E-state index in [4.69, 9.17) is 4.52 Å². The van der Waals surface area contributed by atoms with Gasteiger partial charge >= 0.3 is 0 Å². The highest BCUT2D eigenvalue weighted by molar-refractivity contribution is 5.58. The van der Waals surface area contributed by atoms with Crippen molar-refractivity contribution in [1.29, 1.82) is 0 Å². The van der Waals surface area contributed by atoms with Crippen LogP contribution in [0.15, 0.2) is 47.0 Å². The predicted molar refractivity (Wildman–Crippen MR) is 89.6 cm³/mol. The summed E-state index contributed by atoms with van der Waals surface area (Å²) in [5.41, 5.74) is 3.83. The van der Waals surface area contributed by atoms with Crippen LogP contribution in [0.25, 0.3) is 11.4 Å². The van der Waals surface area contributed by atoms with E-state index in [9.17, 15) is 10.1 Å². The second kappa shape index (κ2) is 6.49. The lowest BCUT2D eigenvalue weighted by atomic mass is 10.1. The summed E-state index contributed by atoms with van der Waals surface area (Å²) >= 11 is 0. The van der Waals surface area contributed by atoms with Crippen LogP contribution in [-0.2, 0) is 6.54 Å². The van der Waals surface area contributed by atoms with Gasteiger partial charge in [0.1, 0.15) is 0 Å². The molecule has 24 heavy (non-hydrogen) atoms. The van der Waals surface area contributed by atoms with Crippen LogP contribution in [0, 0.1) is 24.0 Å². The van der Waals surface area contributed by atoms with E-state index in [1.54, 1.807) is 12.1 Å². The van der Waals surface area contributed by atoms with Gasteiger partial charge in [0.15, 0.2) is 0 Å². The van der Waals surface area contributed by atoms with Crippen LogP contribution in [-0.4, -0.2) is 15.1 Å². The van der Waals surface area contributed by atoms with Crippen molar-refractivity contribution in [3.8, 4) is 11.4 Å². The van der Waals surface area contributed by atoms with Gasteiger partial charge in [-0.15, -0.1) is 0 Å². The van der Waals surface area contributed by atoms with Crippen molar-refractivity contribution in [1.82, 2.24) is 10.1 Å². The standard InChI is InChI=1S/C17H16N4O3/c1-11-6-7-12(2)15(8-11)18-10-16-19-17(20-24-16)13-4-3-5-14(9-13)21(22)23/h3-9,18H,10H2,1-2H3. The molecule has 0 bridgehead atoms. The summed E-state index contributed by atoms with van der Waals surface area (Å²) in [6.45, 7) is 4.42. The fourth-order valence-electron chi connectivity index (χ4n) is 2.30. The molecule has 0 unspecified atom stereocenters.